The van der Waals surface area contributed by atoms with Gasteiger partial charge in [0.15, 0.2) is 0 Å². The summed E-state index contributed by atoms with van der Waals surface area (Å²) < 4.78 is 0. The third kappa shape index (κ3) is 2.41. The van der Waals surface area contributed by atoms with Crippen LogP contribution in [0.2, 0.25) is 0 Å². The summed E-state index contributed by atoms with van der Waals surface area (Å²) >= 11 is 2.08. The van der Waals surface area contributed by atoms with Crippen LogP contribution in [-0.2, 0) is 0 Å². The largest absolute Gasteiger partial charge is 0.296 e. The van der Waals surface area contributed by atoms with Crippen molar-refractivity contribution in [3.05, 3.63) is 0 Å². The van der Waals surface area contributed by atoms with E-state index in [1.54, 1.807) is 0 Å². The highest BCUT2D eigenvalue weighted by Crippen LogP contribution is 2.36. The standard InChI is InChI=1S/C11H23NS/c1-10(2,3)11(4,5)12-6-8-13-9-7-12/h6-9H2,1-5H3. The molecule has 0 aliphatic carbocycles. The van der Waals surface area contributed by atoms with Crippen molar-refractivity contribution < 1.29 is 0 Å². The van der Waals surface area contributed by atoms with Crippen LogP contribution >= 0.6 is 11.8 Å². The smallest absolute Gasteiger partial charge is 0.0202 e. The Kier molecular flexibility index (Phi) is 3.34. The normalized spacial score (nSPS) is 21.9. The monoisotopic (exact) mass is 201 g/mol. The fourth-order valence-corrected chi connectivity index (χ4v) is 2.50. The zero-order valence-corrected chi connectivity index (χ0v) is 10.5. The van der Waals surface area contributed by atoms with Crippen molar-refractivity contribution in [2.24, 2.45) is 5.41 Å². The highest BCUT2D eigenvalue weighted by atomic mass is 32.2. The second-order valence-electron chi connectivity index (χ2n) is 5.41. The molecule has 1 rings (SSSR count). The van der Waals surface area contributed by atoms with Gasteiger partial charge in [0, 0.05) is 30.1 Å². The van der Waals surface area contributed by atoms with E-state index in [9.17, 15) is 0 Å². The molecule has 1 fully saturated rings. The lowest BCUT2D eigenvalue weighted by atomic mass is 9.75. The molecule has 1 heterocycles. The molecule has 0 saturated carbocycles. The third-order valence-electron chi connectivity index (χ3n) is 3.64. The van der Waals surface area contributed by atoms with Crippen LogP contribution in [-0.4, -0.2) is 35.0 Å². The Bertz CT molecular complexity index is 163. The lowest BCUT2D eigenvalue weighted by molar-refractivity contribution is 0.0299. The summed E-state index contributed by atoms with van der Waals surface area (Å²) in [4.78, 5) is 2.64. The van der Waals surface area contributed by atoms with E-state index < -0.39 is 0 Å². The molecule has 0 bridgehead atoms. The Balaban J connectivity index is 2.67. The van der Waals surface area contributed by atoms with Gasteiger partial charge in [-0.05, 0) is 19.3 Å². The van der Waals surface area contributed by atoms with Gasteiger partial charge in [-0.1, -0.05) is 20.8 Å². The van der Waals surface area contributed by atoms with Crippen LogP contribution in [0.25, 0.3) is 0 Å². The summed E-state index contributed by atoms with van der Waals surface area (Å²) in [6, 6.07) is 0. The summed E-state index contributed by atoms with van der Waals surface area (Å²) in [6.45, 7) is 14.3. The maximum absolute atomic E-state index is 2.64. The number of hydrogen-bond acceptors (Lipinski definition) is 2. The second kappa shape index (κ2) is 3.82. The molecule has 1 nitrogen and oxygen atoms in total. The van der Waals surface area contributed by atoms with E-state index >= 15 is 0 Å². The molecule has 0 N–H and O–H groups in total. The lowest BCUT2D eigenvalue weighted by Gasteiger charge is -2.49. The van der Waals surface area contributed by atoms with Gasteiger partial charge in [0.1, 0.15) is 0 Å². The van der Waals surface area contributed by atoms with Crippen LogP contribution < -0.4 is 0 Å². The summed E-state index contributed by atoms with van der Waals surface area (Å²) in [5.41, 5.74) is 0.697. The predicted octanol–water partition coefficient (Wildman–Crippen LogP) is 2.86. The lowest BCUT2D eigenvalue weighted by Crippen LogP contribution is -2.55. The predicted molar refractivity (Wildman–Crippen MR) is 62.4 cm³/mol. The molecule has 0 aromatic heterocycles. The van der Waals surface area contributed by atoms with Crippen molar-refractivity contribution in [3.63, 3.8) is 0 Å². The van der Waals surface area contributed by atoms with Gasteiger partial charge in [0.05, 0.1) is 0 Å². The van der Waals surface area contributed by atoms with E-state index in [2.05, 4.69) is 51.3 Å². The number of nitrogens with zero attached hydrogens (tertiary/aromatic N) is 1. The van der Waals surface area contributed by atoms with Crippen molar-refractivity contribution in [3.8, 4) is 0 Å². The summed E-state index contributed by atoms with van der Waals surface area (Å²) in [7, 11) is 0. The van der Waals surface area contributed by atoms with E-state index in [-0.39, 0.29) is 0 Å². The van der Waals surface area contributed by atoms with Crippen LogP contribution in [0.1, 0.15) is 34.6 Å². The minimum atomic E-state index is 0.327. The van der Waals surface area contributed by atoms with Gasteiger partial charge in [-0.25, -0.2) is 0 Å². The molecule has 0 aromatic rings. The van der Waals surface area contributed by atoms with E-state index in [1.807, 2.05) is 0 Å². The molecule has 0 unspecified atom stereocenters. The highest BCUT2D eigenvalue weighted by Gasteiger charge is 2.38. The summed E-state index contributed by atoms with van der Waals surface area (Å²) in [6.07, 6.45) is 0. The second-order valence-corrected chi connectivity index (χ2v) is 6.63. The van der Waals surface area contributed by atoms with Crippen LogP contribution in [0.4, 0.5) is 0 Å². The first-order valence-corrected chi connectivity index (χ1v) is 6.34. The van der Waals surface area contributed by atoms with Gasteiger partial charge >= 0.3 is 0 Å². The van der Waals surface area contributed by atoms with Crippen LogP contribution in [0, 0.1) is 5.41 Å². The molecular weight excluding hydrogens is 178 g/mol. The molecule has 0 atom stereocenters. The minimum absolute atomic E-state index is 0.327. The van der Waals surface area contributed by atoms with E-state index in [0.717, 1.165) is 0 Å². The summed E-state index contributed by atoms with van der Waals surface area (Å²) in [5.74, 6) is 2.61. The maximum atomic E-state index is 2.64. The molecule has 78 valence electrons. The van der Waals surface area contributed by atoms with E-state index in [0.29, 0.717) is 11.0 Å². The van der Waals surface area contributed by atoms with Crippen molar-refractivity contribution in [2.75, 3.05) is 24.6 Å². The number of rotatable bonds is 1. The quantitative estimate of drug-likeness (QED) is 0.642. The molecular formula is C11H23NS. The molecule has 1 saturated heterocycles. The Morgan fingerprint density at radius 1 is 0.923 bits per heavy atom. The van der Waals surface area contributed by atoms with Gasteiger partial charge in [-0.15, -0.1) is 0 Å². The van der Waals surface area contributed by atoms with Gasteiger partial charge in [-0.2, -0.15) is 11.8 Å². The topological polar surface area (TPSA) is 3.24 Å². The molecule has 1 aliphatic heterocycles. The third-order valence-corrected chi connectivity index (χ3v) is 4.58. The van der Waals surface area contributed by atoms with E-state index in [4.69, 9.17) is 0 Å². The van der Waals surface area contributed by atoms with Gasteiger partial charge < -0.3 is 0 Å². The maximum Gasteiger partial charge on any atom is 0.0202 e. The number of hydrogen-bond donors (Lipinski definition) is 0. The average Bonchev–Trinajstić information content (AvgIpc) is 2.04. The fourth-order valence-electron chi connectivity index (χ4n) is 1.60. The molecule has 0 radical (unpaired) electrons. The fraction of sp³-hybridized carbons (Fsp3) is 1.00. The number of thioether (sulfide) groups is 1. The van der Waals surface area contributed by atoms with Crippen molar-refractivity contribution in [1.29, 1.82) is 0 Å². The first-order valence-electron chi connectivity index (χ1n) is 5.18. The Labute approximate surface area is 87.3 Å². The van der Waals surface area contributed by atoms with Gasteiger partial charge in [-0.3, -0.25) is 4.90 Å². The average molecular weight is 201 g/mol. The van der Waals surface area contributed by atoms with Crippen LogP contribution in [0.15, 0.2) is 0 Å². The Hall–Kier alpha value is 0.310. The zero-order chi connectivity index (χ0) is 10.1. The first-order chi connectivity index (χ1) is 5.86. The molecule has 1 aliphatic rings. The van der Waals surface area contributed by atoms with Gasteiger partial charge in [0.25, 0.3) is 0 Å². The molecule has 2 heteroatoms. The molecule has 0 aromatic carbocycles. The van der Waals surface area contributed by atoms with Crippen molar-refractivity contribution in [2.45, 2.75) is 40.2 Å². The minimum Gasteiger partial charge on any atom is -0.296 e. The Morgan fingerprint density at radius 2 is 1.38 bits per heavy atom. The van der Waals surface area contributed by atoms with E-state index in [1.165, 1.54) is 24.6 Å². The molecule has 0 spiro atoms. The van der Waals surface area contributed by atoms with Crippen LogP contribution in [0.3, 0.4) is 0 Å². The Morgan fingerprint density at radius 3 is 1.77 bits per heavy atom. The van der Waals surface area contributed by atoms with Crippen molar-refractivity contribution >= 4 is 11.8 Å². The van der Waals surface area contributed by atoms with Gasteiger partial charge in [0.2, 0.25) is 0 Å². The zero-order valence-electron chi connectivity index (χ0n) is 9.68. The van der Waals surface area contributed by atoms with Crippen LogP contribution in [0.5, 0.6) is 0 Å². The first kappa shape index (κ1) is 11.4. The highest BCUT2D eigenvalue weighted by molar-refractivity contribution is 7.99. The van der Waals surface area contributed by atoms with Crippen molar-refractivity contribution in [1.82, 2.24) is 4.90 Å². The molecule has 0 amide bonds. The summed E-state index contributed by atoms with van der Waals surface area (Å²) in [5, 5.41) is 0. The molecule has 13 heavy (non-hydrogen) atoms. The SMILES string of the molecule is CC(C)(C)C(C)(C)N1CCSCC1.